The van der Waals surface area contributed by atoms with E-state index in [0.29, 0.717) is 12.5 Å². The van der Waals surface area contributed by atoms with Crippen LogP contribution in [0.3, 0.4) is 0 Å². The number of hydrogen-bond acceptors (Lipinski definition) is 4. The van der Waals surface area contributed by atoms with Crippen molar-refractivity contribution in [2.24, 2.45) is 0 Å². The highest BCUT2D eigenvalue weighted by molar-refractivity contribution is 5.76. The SMILES string of the molecule is c1ccc(COc2ccc(-c3nc4ncc(C5CCNCC5)cc4[nH]3)cc2)cc1. The Morgan fingerprint density at radius 2 is 1.76 bits per heavy atom. The number of rotatable bonds is 5. The molecule has 2 aromatic heterocycles. The van der Waals surface area contributed by atoms with Crippen LogP contribution < -0.4 is 10.1 Å². The second-order valence-electron chi connectivity index (χ2n) is 7.55. The van der Waals surface area contributed by atoms with Crippen molar-refractivity contribution >= 4 is 11.2 Å². The number of piperidine rings is 1. The molecule has 0 bridgehead atoms. The van der Waals surface area contributed by atoms with Crippen LogP contribution in [0, 0.1) is 0 Å². The maximum atomic E-state index is 5.88. The Balaban J connectivity index is 1.32. The second kappa shape index (κ2) is 8.05. The Morgan fingerprint density at radius 1 is 0.966 bits per heavy atom. The standard InChI is InChI=1S/C24H24N4O/c1-2-4-17(5-3-1)16-29-21-8-6-19(7-9-21)23-27-22-14-20(15-26-24(22)28-23)18-10-12-25-13-11-18/h1-9,14-15,18,25H,10-13,16H2,(H,26,27,28). The molecule has 146 valence electrons. The third-order valence-electron chi connectivity index (χ3n) is 5.55. The Morgan fingerprint density at radius 3 is 2.55 bits per heavy atom. The molecule has 5 rings (SSSR count). The molecule has 0 unspecified atom stereocenters. The van der Waals surface area contributed by atoms with Gasteiger partial charge in [-0.05, 0) is 73.3 Å². The van der Waals surface area contributed by atoms with Crippen LogP contribution in [0.15, 0.2) is 66.9 Å². The van der Waals surface area contributed by atoms with Gasteiger partial charge in [-0.3, -0.25) is 0 Å². The summed E-state index contributed by atoms with van der Waals surface area (Å²) in [5.74, 6) is 2.27. The van der Waals surface area contributed by atoms with Gasteiger partial charge < -0.3 is 15.0 Å². The molecule has 0 saturated carbocycles. The van der Waals surface area contributed by atoms with Crippen LogP contribution in [0.4, 0.5) is 0 Å². The molecule has 3 heterocycles. The predicted octanol–water partition coefficient (Wildman–Crippen LogP) is 4.67. The number of ether oxygens (including phenoxy) is 1. The van der Waals surface area contributed by atoms with E-state index in [1.54, 1.807) is 0 Å². The monoisotopic (exact) mass is 384 g/mol. The van der Waals surface area contributed by atoms with Crippen molar-refractivity contribution in [1.29, 1.82) is 0 Å². The number of benzene rings is 2. The van der Waals surface area contributed by atoms with Gasteiger partial charge in [0.2, 0.25) is 0 Å². The highest BCUT2D eigenvalue weighted by atomic mass is 16.5. The van der Waals surface area contributed by atoms with Gasteiger partial charge in [-0.2, -0.15) is 0 Å². The van der Waals surface area contributed by atoms with Crippen molar-refractivity contribution in [3.8, 4) is 17.1 Å². The van der Waals surface area contributed by atoms with Crippen LogP contribution in [0.25, 0.3) is 22.6 Å². The summed E-state index contributed by atoms with van der Waals surface area (Å²) in [7, 11) is 0. The molecule has 0 amide bonds. The van der Waals surface area contributed by atoms with Gasteiger partial charge in [0.05, 0.1) is 5.52 Å². The number of hydrogen-bond donors (Lipinski definition) is 2. The first-order valence-electron chi connectivity index (χ1n) is 10.2. The van der Waals surface area contributed by atoms with Crippen LogP contribution in [-0.2, 0) is 6.61 Å². The molecule has 0 radical (unpaired) electrons. The first kappa shape index (κ1) is 17.9. The minimum atomic E-state index is 0.564. The lowest BCUT2D eigenvalue weighted by atomic mass is 9.91. The predicted molar refractivity (Wildman–Crippen MR) is 115 cm³/mol. The molecule has 0 atom stereocenters. The lowest BCUT2D eigenvalue weighted by Crippen LogP contribution is -2.26. The van der Waals surface area contributed by atoms with Gasteiger partial charge in [0, 0.05) is 11.8 Å². The van der Waals surface area contributed by atoms with Gasteiger partial charge in [0.25, 0.3) is 0 Å². The van der Waals surface area contributed by atoms with E-state index in [1.807, 2.05) is 48.7 Å². The number of pyridine rings is 1. The molecule has 5 heteroatoms. The molecule has 1 fully saturated rings. The summed E-state index contributed by atoms with van der Waals surface area (Å²) < 4.78 is 5.88. The number of imidazole rings is 1. The number of fused-ring (bicyclic) bond motifs is 1. The normalized spacial score (nSPS) is 14.9. The zero-order chi connectivity index (χ0) is 19.5. The fraction of sp³-hybridized carbons (Fsp3) is 0.250. The molecule has 1 aliphatic heterocycles. The Hall–Kier alpha value is -3.18. The molecule has 0 aliphatic carbocycles. The van der Waals surface area contributed by atoms with Crippen molar-refractivity contribution in [3.05, 3.63) is 78.0 Å². The lowest BCUT2D eigenvalue weighted by molar-refractivity contribution is 0.306. The van der Waals surface area contributed by atoms with E-state index in [2.05, 4.69) is 38.5 Å². The molecule has 5 nitrogen and oxygen atoms in total. The van der Waals surface area contributed by atoms with Crippen molar-refractivity contribution in [3.63, 3.8) is 0 Å². The molecular formula is C24H24N4O. The molecule has 1 saturated heterocycles. The van der Waals surface area contributed by atoms with E-state index in [0.717, 1.165) is 47.0 Å². The lowest BCUT2D eigenvalue weighted by Gasteiger charge is -2.22. The Kier molecular flexibility index (Phi) is 4.97. The zero-order valence-corrected chi connectivity index (χ0v) is 16.3. The van der Waals surface area contributed by atoms with Crippen molar-refractivity contribution in [1.82, 2.24) is 20.3 Å². The third-order valence-corrected chi connectivity index (χ3v) is 5.55. The van der Waals surface area contributed by atoms with E-state index in [-0.39, 0.29) is 0 Å². The molecule has 2 aromatic carbocycles. The maximum absolute atomic E-state index is 5.88. The molecule has 1 aliphatic rings. The first-order valence-corrected chi connectivity index (χ1v) is 10.2. The van der Waals surface area contributed by atoms with Crippen LogP contribution in [0.5, 0.6) is 5.75 Å². The number of H-pyrrole nitrogens is 1. The van der Waals surface area contributed by atoms with Gasteiger partial charge in [0.1, 0.15) is 18.2 Å². The minimum Gasteiger partial charge on any atom is -0.489 e. The van der Waals surface area contributed by atoms with Crippen molar-refractivity contribution in [2.75, 3.05) is 13.1 Å². The maximum Gasteiger partial charge on any atom is 0.178 e. The van der Waals surface area contributed by atoms with Crippen molar-refractivity contribution in [2.45, 2.75) is 25.4 Å². The van der Waals surface area contributed by atoms with E-state index in [4.69, 9.17) is 4.74 Å². The molecular weight excluding hydrogens is 360 g/mol. The average Bonchev–Trinajstić information content (AvgIpc) is 3.23. The van der Waals surface area contributed by atoms with Crippen LogP contribution in [-0.4, -0.2) is 28.0 Å². The van der Waals surface area contributed by atoms with Crippen LogP contribution in [0.2, 0.25) is 0 Å². The highest BCUT2D eigenvalue weighted by Gasteiger charge is 2.17. The fourth-order valence-electron chi connectivity index (χ4n) is 3.88. The molecule has 2 N–H and O–H groups in total. The highest BCUT2D eigenvalue weighted by Crippen LogP contribution is 2.28. The molecule has 4 aromatic rings. The van der Waals surface area contributed by atoms with Gasteiger partial charge in [0.15, 0.2) is 5.65 Å². The summed E-state index contributed by atoms with van der Waals surface area (Å²) in [5.41, 5.74) is 5.25. The molecule has 29 heavy (non-hydrogen) atoms. The summed E-state index contributed by atoms with van der Waals surface area (Å²) >= 11 is 0. The van der Waals surface area contributed by atoms with Crippen LogP contribution in [0.1, 0.15) is 29.9 Å². The largest absolute Gasteiger partial charge is 0.489 e. The number of aromatic nitrogens is 3. The van der Waals surface area contributed by atoms with Gasteiger partial charge in [-0.15, -0.1) is 0 Å². The topological polar surface area (TPSA) is 62.8 Å². The summed E-state index contributed by atoms with van der Waals surface area (Å²) in [5, 5.41) is 3.42. The summed E-state index contributed by atoms with van der Waals surface area (Å²) in [6.45, 7) is 2.72. The fourth-order valence-corrected chi connectivity index (χ4v) is 3.88. The quantitative estimate of drug-likeness (QED) is 0.525. The summed E-state index contributed by atoms with van der Waals surface area (Å²) in [6.07, 6.45) is 4.32. The van der Waals surface area contributed by atoms with E-state index >= 15 is 0 Å². The number of nitrogens with zero attached hydrogens (tertiary/aromatic N) is 2. The third kappa shape index (κ3) is 4.00. The van der Waals surface area contributed by atoms with E-state index in [1.165, 1.54) is 18.4 Å². The molecule has 0 spiro atoms. The smallest absolute Gasteiger partial charge is 0.178 e. The van der Waals surface area contributed by atoms with E-state index < -0.39 is 0 Å². The summed E-state index contributed by atoms with van der Waals surface area (Å²) in [4.78, 5) is 12.7. The van der Waals surface area contributed by atoms with Gasteiger partial charge >= 0.3 is 0 Å². The first-order chi connectivity index (χ1) is 14.3. The number of nitrogens with one attached hydrogen (secondary N) is 2. The second-order valence-corrected chi connectivity index (χ2v) is 7.55. The zero-order valence-electron chi connectivity index (χ0n) is 16.3. The minimum absolute atomic E-state index is 0.564. The van der Waals surface area contributed by atoms with Crippen LogP contribution >= 0.6 is 0 Å². The van der Waals surface area contributed by atoms with Crippen molar-refractivity contribution < 1.29 is 4.74 Å². The summed E-state index contributed by atoms with van der Waals surface area (Å²) in [6, 6.07) is 20.4. The Bertz CT molecular complexity index is 1080. The van der Waals surface area contributed by atoms with E-state index in [9.17, 15) is 0 Å². The average molecular weight is 384 g/mol. The van der Waals surface area contributed by atoms with Gasteiger partial charge in [-0.1, -0.05) is 30.3 Å². The number of aromatic amines is 1. The van der Waals surface area contributed by atoms with Gasteiger partial charge in [-0.25, -0.2) is 9.97 Å². The Labute approximate surface area is 170 Å².